The lowest BCUT2D eigenvalue weighted by Crippen LogP contribution is -2.45. The van der Waals surface area contributed by atoms with Crippen molar-refractivity contribution in [2.45, 2.75) is 38.0 Å². The Morgan fingerprint density at radius 2 is 2.19 bits per heavy atom. The smallest absolute Gasteiger partial charge is 0.129 e. The first-order valence-electron chi connectivity index (χ1n) is 5.71. The van der Waals surface area contributed by atoms with Gasteiger partial charge in [0.2, 0.25) is 0 Å². The van der Waals surface area contributed by atoms with E-state index in [1.165, 1.54) is 0 Å². The first kappa shape index (κ1) is 11.6. The fraction of sp³-hybridized carbons (Fsp3) is 0.667. The Bertz CT molecular complexity index is 331. The van der Waals surface area contributed by atoms with Gasteiger partial charge in [-0.2, -0.15) is 0 Å². The SMILES string of the molecule is COCc1ccc(CNCC2(O)CCC2)o1. The Hall–Kier alpha value is -0.840. The summed E-state index contributed by atoms with van der Waals surface area (Å²) in [4.78, 5) is 0. The minimum absolute atomic E-state index is 0.470. The third-order valence-corrected chi connectivity index (χ3v) is 3.04. The van der Waals surface area contributed by atoms with Gasteiger partial charge in [0.25, 0.3) is 0 Å². The van der Waals surface area contributed by atoms with Crippen LogP contribution in [0.4, 0.5) is 0 Å². The van der Waals surface area contributed by atoms with Crippen LogP contribution in [0.2, 0.25) is 0 Å². The second kappa shape index (κ2) is 4.99. The van der Waals surface area contributed by atoms with Crippen LogP contribution in [-0.2, 0) is 17.9 Å². The Morgan fingerprint density at radius 3 is 2.81 bits per heavy atom. The summed E-state index contributed by atoms with van der Waals surface area (Å²) in [6.45, 7) is 1.81. The van der Waals surface area contributed by atoms with Crippen molar-refractivity contribution >= 4 is 0 Å². The van der Waals surface area contributed by atoms with E-state index in [-0.39, 0.29) is 0 Å². The molecule has 0 bridgehead atoms. The van der Waals surface area contributed by atoms with E-state index >= 15 is 0 Å². The Balaban J connectivity index is 1.72. The molecule has 1 aromatic heterocycles. The number of methoxy groups -OCH3 is 1. The Morgan fingerprint density at radius 1 is 1.44 bits per heavy atom. The standard InChI is InChI=1S/C12H19NO3/c1-15-8-11-4-3-10(16-11)7-13-9-12(14)5-2-6-12/h3-4,13-14H,2,5-9H2,1H3. The number of ether oxygens (including phenoxy) is 1. The van der Waals surface area contributed by atoms with Gasteiger partial charge in [-0.3, -0.25) is 0 Å². The van der Waals surface area contributed by atoms with E-state index in [2.05, 4.69) is 5.32 Å². The van der Waals surface area contributed by atoms with Crippen molar-refractivity contribution in [2.24, 2.45) is 0 Å². The number of hydrogen-bond donors (Lipinski definition) is 2. The molecule has 0 aliphatic heterocycles. The average molecular weight is 225 g/mol. The summed E-state index contributed by atoms with van der Waals surface area (Å²) >= 11 is 0. The van der Waals surface area contributed by atoms with Crippen LogP contribution in [0.25, 0.3) is 0 Å². The van der Waals surface area contributed by atoms with Gasteiger partial charge in [-0.1, -0.05) is 0 Å². The van der Waals surface area contributed by atoms with Gasteiger partial charge < -0.3 is 19.6 Å². The van der Waals surface area contributed by atoms with Crippen LogP contribution in [0.1, 0.15) is 30.8 Å². The number of hydrogen-bond acceptors (Lipinski definition) is 4. The van der Waals surface area contributed by atoms with Crippen LogP contribution in [0.5, 0.6) is 0 Å². The van der Waals surface area contributed by atoms with Crippen molar-refractivity contribution in [3.8, 4) is 0 Å². The lowest BCUT2D eigenvalue weighted by molar-refractivity contribution is -0.0317. The molecule has 1 aromatic rings. The summed E-state index contributed by atoms with van der Waals surface area (Å²) in [6, 6.07) is 3.85. The normalized spacial score (nSPS) is 18.4. The predicted octanol–water partition coefficient (Wildman–Crippen LogP) is 1.43. The third kappa shape index (κ3) is 2.84. The highest BCUT2D eigenvalue weighted by Crippen LogP contribution is 2.30. The van der Waals surface area contributed by atoms with E-state index in [1.54, 1.807) is 7.11 Å². The number of rotatable bonds is 6. The summed E-state index contributed by atoms with van der Waals surface area (Å²) in [5.41, 5.74) is -0.470. The van der Waals surface area contributed by atoms with Gasteiger partial charge in [-0.15, -0.1) is 0 Å². The average Bonchev–Trinajstić information content (AvgIpc) is 2.64. The maximum atomic E-state index is 9.86. The van der Waals surface area contributed by atoms with Crippen LogP contribution < -0.4 is 5.32 Å². The lowest BCUT2D eigenvalue weighted by Gasteiger charge is -2.36. The van der Waals surface area contributed by atoms with Gasteiger partial charge >= 0.3 is 0 Å². The van der Waals surface area contributed by atoms with Crippen LogP contribution in [0.15, 0.2) is 16.5 Å². The number of furan rings is 1. The molecule has 0 saturated heterocycles. The highest BCUT2D eigenvalue weighted by atomic mass is 16.5. The minimum atomic E-state index is -0.470. The van der Waals surface area contributed by atoms with Gasteiger partial charge in [-0.05, 0) is 31.4 Å². The Kier molecular flexibility index (Phi) is 3.63. The second-order valence-corrected chi connectivity index (χ2v) is 4.48. The van der Waals surface area contributed by atoms with E-state index in [0.717, 1.165) is 30.8 Å². The molecule has 0 spiro atoms. The monoisotopic (exact) mass is 225 g/mol. The van der Waals surface area contributed by atoms with Crippen LogP contribution in [0.3, 0.4) is 0 Å². The molecule has 1 aliphatic carbocycles. The van der Waals surface area contributed by atoms with Gasteiger partial charge in [0.1, 0.15) is 18.1 Å². The fourth-order valence-electron chi connectivity index (χ4n) is 1.92. The summed E-state index contributed by atoms with van der Waals surface area (Å²) in [5, 5.41) is 13.1. The zero-order valence-corrected chi connectivity index (χ0v) is 9.66. The molecular formula is C12H19NO3. The molecule has 2 N–H and O–H groups in total. The molecule has 16 heavy (non-hydrogen) atoms. The van der Waals surface area contributed by atoms with E-state index < -0.39 is 5.60 Å². The molecule has 0 aromatic carbocycles. The van der Waals surface area contributed by atoms with E-state index in [0.29, 0.717) is 19.7 Å². The molecule has 0 atom stereocenters. The molecule has 4 heteroatoms. The van der Waals surface area contributed by atoms with Crippen molar-refractivity contribution in [2.75, 3.05) is 13.7 Å². The van der Waals surface area contributed by atoms with Crippen molar-refractivity contribution in [3.63, 3.8) is 0 Å². The quantitative estimate of drug-likeness (QED) is 0.769. The maximum absolute atomic E-state index is 9.86. The summed E-state index contributed by atoms with van der Waals surface area (Å²) < 4.78 is 10.5. The molecule has 4 nitrogen and oxygen atoms in total. The van der Waals surface area contributed by atoms with E-state index in [4.69, 9.17) is 9.15 Å². The number of nitrogens with one attached hydrogen (secondary N) is 1. The molecule has 2 rings (SSSR count). The topological polar surface area (TPSA) is 54.6 Å². The molecule has 1 fully saturated rings. The fourth-order valence-corrected chi connectivity index (χ4v) is 1.92. The zero-order valence-electron chi connectivity index (χ0n) is 9.66. The highest BCUT2D eigenvalue weighted by Gasteiger charge is 2.33. The van der Waals surface area contributed by atoms with Gasteiger partial charge in [0.15, 0.2) is 0 Å². The van der Waals surface area contributed by atoms with Crippen LogP contribution in [-0.4, -0.2) is 24.4 Å². The van der Waals surface area contributed by atoms with Crippen molar-refractivity contribution in [1.82, 2.24) is 5.32 Å². The third-order valence-electron chi connectivity index (χ3n) is 3.04. The molecule has 1 aliphatic rings. The van der Waals surface area contributed by atoms with Gasteiger partial charge in [0, 0.05) is 13.7 Å². The molecule has 0 amide bonds. The summed E-state index contributed by atoms with van der Waals surface area (Å²) in [7, 11) is 1.65. The molecule has 1 heterocycles. The van der Waals surface area contributed by atoms with Crippen LogP contribution >= 0.6 is 0 Å². The van der Waals surface area contributed by atoms with Crippen LogP contribution in [0, 0.1) is 0 Å². The molecule has 90 valence electrons. The van der Waals surface area contributed by atoms with E-state index in [9.17, 15) is 5.11 Å². The first-order valence-corrected chi connectivity index (χ1v) is 5.71. The first-order chi connectivity index (χ1) is 7.72. The minimum Gasteiger partial charge on any atom is -0.462 e. The van der Waals surface area contributed by atoms with Crippen molar-refractivity contribution in [3.05, 3.63) is 23.7 Å². The maximum Gasteiger partial charge on any atom is 0.129 e. The largest absolute Gasteiger partial charge is 0.462 e. The zero-order chi connectivity index (χ0) is 11.4. The second-order valence-electron chi connectivity index (χ2n) is 4.48. The van der Waals surface area contributed by atoms with E-state index in [1.807, 2.05) is 12.1 Å². The summed E-state index contributed by atoms with van der Waals surface area (Å²) in [6.07, 6.45) is 2.96. The lowest BCUT2D eigenvalue weighted by atomic mass is 9.80. The molecule has 0 radical (unpaired) electrons. The highest BCUT2D eigenvalue weighted by molar-refractivity contribution is 5.06. The van der Waals surface area contributed by atoms with Crippen molar-refractivity contribution in [1.29, 1.82) is 0 Å². The van der Waals surface area contributed by atoms with Crippen molar-refractivity contribution < 1.29 is 14.3 Å². The predicted molar refractivity (Wildman–Crippen MR) is 59.9 cm³/mol. The van der Waals surface area contributed by atoms with Gasteiger partial charge in [0.05, 0.1) is 12.1 Å². The number of aliphatic hydroxyl groups is 1. The van der Waals surface area contributed by atoms with Gasteiger partial charge in [-0.25, -0.2) is 0 Å². The Labute approximate surface area is 95.6 Å². The summed E-state index contributed by atoms with van der Waals surface area (Å²) in [5.74, 6) is 1.72. The molecular weight excluding hydrogens is 206 g/mol. The molecule has 0 unspecified atom stereocenters. The molecule has 1 saturated carbocycles.